The molecule has 0 N–H and O–H groups in total. The fraction of sp³-hybridized carbons (Fsp3) is 0.583. The van der Waals surface area contributed by atoms with E-state index in [9.17, 15) is 14.4 Å². The Labute approximate surface area is 240 Å². The van der Waals surface area contributed by atoms with Crippen molar-refractivity contribution in [3.05, 3.63) is 58.7 Å². The van der Waals surface area contributed by atoms with Crippen molar-refractivity contribution in [1.82, 2.24) is 0 Å². The Morgan fingerprint density at radius 2 is 1.70 bits per heavy atom. The van der Waals surface area contributed by atoms with E-state index in [4.69, 9.17) is 4.74 Å². The van der Waals surface area contributed by atoms with E-state index < -0.39 is 0 Å². The summed E-state index contributed by atoms with van der Waals surface area (Å²) in [6.07, 6.45) is 17.9. The Hall–Kier alpha value is -2.75. The van der Waals surface area contributed by atoms with E-state index in [-0.39, 0.29) is 41.0 Å². The summed E-state index contributed by atoms with van der Waals surface area (Å²) in [7, 11) is 1.61. The predicted octanol–water partition coefficient (Wildman–Crippen LogP) is 8.31. The minimum atomic E-state index is -0.388. The predicted molar refractivity (Wildman–Crippen MR) is 160 cm³/mol. The number of benzene rings is 1. The number of hydrogen-bond acceptors (Lipinski definition) is 4. The topological polar surface area (TPSA) is 60.4 Å². The SMILES string of the molecule is COc1cc2c(cc1C(=O)C1CCC(CC3=CCC(C)C=C3)CC1)C(C(=O)C(=O)C1C[C@@H](C)CCC1C)=CC2C. The maximum atomic E-state index is 13.9. The van der Waals surface area contributed by atoms with Crippen molar-refractivity contribution in [2.75, 3.05) is 7.11 Å². The Kier molecular flexibility index (Phi) is 8.63. The number of ether oxygens (including phenoxy) is 1. The highest BCUT2D eigenvalue weighted by molar-refractivity contribution is 6.55. The molecule has 0 amide bonds. The minimum absolute atomic E-state index is 0.0101. The number of hydrogen-bond donors (Lipinski definition) is 0. The zero-order valence-corrected chi connectivity index (χ0v) is 25.0. The number of methoxy groups -OCH3 is 1. The smallest absolute Gasteiger partial charge is 0.229 e. The highest BCUT2D eigenvalue weighted by atomic mass is 16.5. The lowest BCUT2D eigenvalue weighted by Gasteiger charge is -2.31. The number of Topliss-reactive ketones (excluding diaryl/α,β-unsaturated/α-hetero) is 3. The van der Waals surface area contributed by atoms with Crippen molar-refractivity contribution in [2.45, 2.75) is 91.4 Å². The van der Waals surface area contributed by atoms with Gasteiger partial charge in [-0.15, -0.1) is 0 Å². The molecule has 0 saturated heterocycles. The lowest BCUT2D eigenvalue weighted by Crippen LogP contribution is -2.33. The summed E-state index contributed by atoms with van der Waals surface area (Å²) in [6, 6.07) is 3.78. The summed E-state index contributed by atoms with van der Waals surface area (Å²) in [6.45, 7) is 8.56. The van der Waals surface area contributed by atoms with E-state index >= 15 is 0 Å². The Bertz CT molecular complexity index is 1260. The van der Waals surface area contributed by atoms with Crippen LogP contribution in [0.2, 0.25) is 0 Å². The number of ketones is 3. The van der Waals surface area contributed by atoms with Gasteiger partial charge in [0.25, 0.3) is 0 Å². The van der Waals surface area contributed by atoms with Gasteiger partial charge in [0.2, 0.25) is 11.6 Å². The van der Waals surface area contributed by atoms with Crippen LogP contribution in [-0.2, 0) is 9.59 Å². The summed E-state index contributed by atoms with van der Waals surface area (Å²) < 4.78 is 5.71. The van der Waals surface area contributed by atoms with Crippen LogP contribution in [0, 0.1) is 35.5 Å². The molecule has 214 valence electrons. The van der Waals surface area contributed by atoms with E-state index in [0.29, 0.717) is 34.6 Å². The molecule has 4 aliphatic carbocycles. The first-order valence-corrected chi connectivity index (χ1v) is 15.6. The molecule has 0 heterocycles. The van der Waals surface area contributed by atoms with Crippen molar-refractivity contribution in [3.8, 4) is 5.75 Å². The molecule has 2 saturated carbocycles. The van der Waals surface area contributed by atoms with Gasteiger partial charge in [0.15, 0.2) is 5.78 Å². The Morgan fingerprint density at radius 1 is 0.950 bits per heavy atom. The first-order chi connectivity index (χ1) is 19.2. The number of fused-ring (bicyclic) bond motifs is 1. The summed E-state index contributed by atoms with van der Waals surface area (Å²) in [5, 5.41) is 0. The quantitative estimate of drug-likeness (QED) is 0.245. The number of allylic oxidation sites excluding steroid dienone is 6. The van der Waals surface area contributed by atoms with Crippen LogP contribution in [0.5, 0.6) is 5.75 Å². The van der Waals surface area contributed by atoms with Crippen LogP contribution in [0.3, 0.4) is 0 Å². The second-order valence-corrected chi connectivity index (χ2v) is 13.3. The van der Waals surface area contributed by atoms with Gasteiger partial charge in [-0.3, -0.25) is 14.4 Å². The fourth-order valence-electron chi connectivity index (χ4n) is 7.50. The minimum Gasteiger partial charge on any atom is -0.496 e. The molecule has 4 aliphatic rings. The van der Waals surface area contributed by atoms with E-state index in [0.717, 1.165) is 68.9 Å². The third-order valence-electron chi connectivity index (χ3n) is 10.2. The lowest BCUT2D eigenvalue weighted by molar-refractivity contribution is -0.137. The van der Waals surface area contributed by atoms with Crippen molar-refractivity contribution >= 4 is 22.9 Å². The monoisotopic (exact) mass is 542 g/mol. The van der Waals surface area contributed by atoms with Crippen molar-refractivity contribution in [2.24, 2.45) is 35.5 Å². The van der Waals surface area contributed by atoms with Crippen LogP contribution < -0.4 is 4.74 Å². The largest absolute Gasteiger partial charge is 0.496 e. The number of carbonyl (C=O) groups is 3. The lowest BCUT2D eigenvalue weighted by atomic mass is 9.72. The summed E-state index contributed by atoms with van der Waals surface area (Å²) >= 11 is 0. The maximum absolute atomic E-state index is 13.9. The highest BCUT2D eigenvalue weighted by Gasteiger charge is 2.38. The Morgan fingerprint density at radius 3 is 2.38 bits per heavy atom. The molecular formula is C36H46O4. The zero-order chi connectivity index (χ0) is 28.6. The number of carbonyl (C=O) groups excluding carboxylic acids is 3. The average Bonchev–Trinajstić information content (AvgIpc) is 3.29. The first kappa shape index (κ1) is 28.8. The highest BCUT2D eigenvalue weighted by Crippen LogP contribution is 2.43. The normalized spacial score (nSPS) is 31.7. The standard InChI is InChI=1S/C36H46O4/c1-21-7-10-25(11-8-21)18-26-12-14-27(15-13-26)34(37)32-19-30-28(20-33(32)40-5)24(4)17-31(30)36(39)35(38)29-16-22(2)6-9-23(29)3/h7,10-11,17,19-24,26-27,29H,6,8-9,12-16,18H2,1-5H3/t21?,22-,23?,24?,26?,27?,29?/m0/s1. The van der Waals surface area contributed by atoms with Gasteiger partial charge in [-0.05, 0) is 98.3 Å². The fourth-order valence-corrected chi connectivity index (χ4v) is 7.50. The van der Waals surface area contributed by atoms with Gasteiger partial charge in [-0.1, -0.05) is 64.0 Å². The van der Waals surface area contributed by atoms with Crippen LogP contribution in [0.15, 0.2) is 42.0 Å². The van der Waals surface area contributed by atoms with Gasteiger partial charge in [0, 0.05) is 23.3 Å². The zero-order valence-electron chi connectivity index (χ0n) is 25.0. The molecule has 5 rings (SSSR count). The molecule has 1 aromatic carbocycles. The summed E-state index contributed by atoms with van der Waals surface area (Å²) in [5.41, 5.74) is 4.17. The van der Waals surface area contributed by atoms with Gasteiger partial charge in [-0.2, -0.15) is 0 Å². The third kappa shape index (κ3) is 5.83. The summed E-state index contributed by atoms with van der Waals surface area (Å²) in [4.78, 5) is 40.9. The molecule has 4 unspecified atom stereocenters. The molecule has 4 heteroatoms. The van der Waals surface area contributed by atoms with E-state index in [1.807, 2.05) is 25.1 Å². The second-order valence-electron chi connectivity index (χ2n) is 13.3. The maximum Gasteiger partial charge on any atom is 0.229 e. The molecule has 2 fully saturated rings. The third-order valence-corrected chi connectivity index (χ3v) is 10.2. The molecule has 4 nitrogen and oxygen atoms in total. The van der Waals surface area contributed by atoms with Crippen molar-refractivity contribution in [1.29, 1.82) is 0 Å². The van der Waals surface area contributed by atoms with Crippen LogP contribution in [0.25, 0.3) is 5.57 Å². The molecule has 0 spiro atoms. The molecule has 0 aliphatic heterocycles. The summed E-state index contributed by atoms with van der Waals surface area (Å²) in [5.74, 6) is 1.72. The van der Waals surface area contributed by atoms with Gasteiger partial charge >= 0.3 is 0 Å². The van der Waals surface area contributed by atoms with Crippen LogP contribution in [0.1, 0.15) is 113 Å². The second kappa shape index (κ2) is 12.0. The molecule has 1 aromatic rings. The van der Waals surface area contributed by atoms with E-state index in [1.165, 1.54) is 5.57 Å². The van der Waals surface area contributed by atoms with E-state index in [2.05, 4.69) is 39.0 Å². The van der Waals surface area contributed by atoms with Crippen molar-refractivity contribution in [3.63, 3.8) is 0 Å². The van der Waals surface area contributed by atoms with Crippen LogP contribution >= 0.6 is 0 Å². The van der Waals surface area contributed by atoms with Crippen LogP contribution in [0.4, 0.5) is 0 Å². The molecule has 0 radical (unpaired) electrons. The van der Waals surface area contributed by atoms with Gasteiger partial charge in [-0.25, -0.2) is 0 Å². The van der Waals surface area contributed by atoms with Crippen molar-refractivity contribution < 1.29 is 19.1 Å². The van der Waals surface area contributed by atoms with Gasteiger partial charge < -0.3 is 4.74 Å². The molecular weight excluding hydrogens is 496 g/mol. The average molecular weight is 543 g/mol. The molecule has 40 heavy (non-hydrogen) atoms. The molecule has 0 bridgehead atoms. The van der Waals surface area contributed by atoms with E-state index in [1.54, 1.807) is 7.11 Å². The Balaban J connectivity index is 1.32. The van der Waals surface area contributed by atoms with Crippen LogP contribution in [-0.4, -0.2) is 24.5 Å². The first-order valence-electron chi connectivity index (χ1n) is 15.6. The molecule has 0 aromatic heterocycles. The number of rotatable bonds is 8. The van der Waals surface area contributed by atoms with Gasteiger partial charge in [0.1, 0.15) is 5.75 Å². The molecule has 5 atom stereocenters. The van der Waals surface area contributed by atoms with Gasteiger partial charge in [0.05, 0.1) is 12.7 Å².